The number of aliphatic hydroxyl groups excluding tert-OH is 1. The molecule has 1 atom stereocenters. The van der Waals surface area contributed by atoms with Gasteiger partial charge >= 0.3 is 0 Å². The maximum Gasteiger partial charge on any atom is 0.252 e. The maximum atomic E-state index is 12.0. The molecule has 0 saturated heterocycles. The predicted molar refractivity (Wildman–Crippen MR) is 72.4 cm³/mol. The lowest BCUT2D eigenvalue weighted by Crippen LogP contribution is -2.48. The fraction of sp³-hybridized carbons (Fsp3) is 0.417. The summed E-state index contributed by atoms with van der Waals surface area (Å²) >= 11 is 9.15. The van der Waals surface area contributed by atoms with Crippen molar-refractivity contribution >= 4 is 33.4 Å². The molecule has 1 aromatic rings. The van der Waals surface area contributed by atoms with Gasteiger partial charge in [-0.05, 0) is 47.5 Å². The fourth-order valence-electron chi connectivity index (χ4n) is 1.25. The topological polar surface area (TPSA) is 49.3 Å². The van der Waals surface area contributed by atoms with Crippen molar-refractivity contribution in [2.75, 3.05) is 6.61 Å². The highest BCUT2D eigenvalue weighted by molar-refractivity contribution is 9.10. The lowest BCUT2D eigenvalue weighted by molar-refractivity contribution is 0.0846. The van der Waals surface area contributed by atoms with Gasteiger partial charge in [-0.3, -0.25) is 4.79 Å². The summed E-state index contributed by atoms with van der Waals surface area (Å²) in [6.07, 6.45) is 0.646. The standard InChI is InChI=1S/C12H15BrClNO2/c1-3-12(2,7-16)15-11(17)9-6-8(14)4-5-10(9)13/h4-6,16H,3,7H2,1-2H3,(H,15,17). The van der Waals surface area contributed by atoms with Gasteiger partial charge in [0.1, 0.15) is 0 Å². The SMILES string of the molecule is CCC(C)(CO)NC(=O)c1cc(Cl)ccc1Br. The summed E-state index contributed by atoms with van der Waals surface area (Å²) in [5.41, 5.74) is -0.149. The van der Waals surface area contributed by atoms with Gasteiger partial charge < -0.3 is 10.4 Å². The highest BCUT2D eigenvalue weighted by Crippen LogP contribution is 2.22. The molecule has 1 aromatic carbocycles. The molecule has 1 rings (SSSR count). The lowest BCUT2D eigenvalue weighted by Gasteiger charge is -2.27. The summed E-state index contributed by atoms with van der Waals surface area (Å²) in [7, 11) is 0. The first kappa shape index (κ1) is 14.5. The van der Waals surface area contributed by atoms with Crippen LogP contribution in [0.25, 0.3) is 0 Å². The van der Waals surface area contributed by atoms with Gasteiger partial charge in [-0.15, -0.1) is 0 Å². The monoisotopic (exact) mass is 319 g/mol. The molecular formula is C12H15BrClNO2. The Kier molecular flexibility index (Phi) is 4.98. The van der Waals surface area contributed by atoms with E-state index in [1.54, 1.807) is 25.1 Å². The first-order chi connectivity index (χ1) is 7.91. The zero-order chi connectivity index (χ0) is 13.1. The Labute approximate surface area is 114 Å². The summed E-state index contributed by atoms with van der Waals surface area (Å²) in [6.45, 7) is 3.60. The van der Waals surface area contributed by atoms with E-state index in [0.717, 1.165) is 0 Å². The molecule has 0 aromatic heterocycles. The van der Waals surface area contributed by atoms with Gasteiger partial charge in [0, 0.05) is 9.50 Å². The van der Waals surface area contributed by atoms with Crippen LogP contribution in [0.2, 0.25) is 5.02 Å². The quantitative estimate of drug-likeness (QED) is 0.896. The van der Waals surface area contributed by atoms with E-state index in [9.17, 15) is 9.90 Å². The molecule has 0 radical (unpaired) electrons. The second-order valence-corrected chi connectivity index (χ2v) is 5.44. The van der Waals surface area contributed by atoms with Gasteiger partial charge in [-0.25, -0.2) is 0 Å². The molecule has 1 amide bonds. The Morgan fingerprint density at radius 2 is 2.24 bits per heavy atom. The van der Waals surface area contributed by atoms with Crippen molar-refractivity contribution in [1.82, 2.24) is 5.32 Å². The van der Waals surface area contributed by atoms with Crippen LogP contribution in [0.1, 0.15) is 30.6 Å². The number of carbonyl (C=O) groups excluding carboxylic acids is 1. The average molecular weight is 321 g/mol. The highest BCUT2D eigenvalue weighted by atomic mass is 79.9. The lowest BCUT2D eigenvalue weighted by atomic mass is 9.99. The Balaban J connectivity index is 2.94. The van der Waals surface area contributed by atoms with Gasteiger partial charge in [0.25, 0.3) is 5.91 Å². The van der Waals surface area contributed by atoms with E-state index in [-0.39, 0.29) is 12.5 Å². The molecule has 0 fully saturated rings. The van der Waals surface area contributed by atoms with Crippen molar-refractivity contribution in [3.8, 4) is 0 Å². The van der Waals surface area contributed by atoms with Gasteiger partial charge in [-0.2, -0.15) is 0 Å². The molecular weight excluding hydrogens is 305 g/mol. The second kappa shape index (κ2) is 5.85. The number of nitrogens with one attached hydrogen (secondary N) is 1. The van der Waals surface area contributed by atoms with Crippen LogP contribution in [0.15, 0.2) is 22.7 Å². The van der Waals surface area contributed by atoms with E-state index in [0.29, 0.717) is 21.5 Å². The molecule has 17 heavy (non-hydrogen) atoms. The predicted octanol–water partition coefficient (Wildman–Crippen LogP) is 2.99. The third-order valence-corrected chi connectivity index (χ3v) is 3.64. The van der Waals surface area contributed by atoms with Crippen molar-refractivity contribution in [1.29, 1.82) is 0 Å². The van der Waals surface area contributed by atoms with E-state index in [1.165, 1.54) is 0 Å². The molecule has 0 bridgehead atoms. The Morgan fingerprint density at radius 1 is 1.59 bits per heavy atom. The molecule has 0 heterocycles. The Morgan fingerprint density at radius 3 is 2.76 bits per heavy atom. The molecule has 0 spiro atoms. The molecule has 0 aliphatic carbocycles. The fourth-order valence-corrected chi connectivity index (χ4v) is 1.85. The Hall–Kier alpha value is -0.580. The smallest absolute Gasteiger partial charge is 0.252 e. The van der Waals surface area contributed by atoms with Crippen molar-refractivity contribution in [3.05, 3.63) is 33.3 Å². The van der Waals surface area contributed by atoms with E-state index in [1.807, 2.05) is 6.92 Å². The zero-order valence-corrected chi connectivity index (χ0v) is 12.1. The molecule has 94 valence electrons. The first-order valence-corrected chi connectivity index (χ1v) is 6.47. The minimum atomic E-state index is -0.612. The summed E-state index contributed by atoms with van der Waals surface area (Å²) in [4.78, 5) is 12.0. The van der Waals surface area contributed by atoms with Crippen molar-refractivity contribution in [3.63, 3.8) is 0 Å². The number of rotatable bonds is 4. The van der Waals surface area contributed by atoms with Gasteiger partial charge in [0.05, 0.1) is 17.7 Å². The number of aliphatic hydroxyl groups is 1. The molecule has 0 aliphatic rings. The number of amides is 1. The summed E-state index contributed by atoms with van der Waals surface area (Å²) < 4.78 is 0.677. The third kappa shape index (κ3) is 3.69. The molecule has 3 nitrogen and oxygen atoms in total. The zero-order valence-electron chi connectivity index (χ0n) is 9.76. The second-order valence-electron chi connectivity index (χ2n) is 4.15. The third-order valence-electron chi connectivity index (χ3n) is 2.72. The number of carbonyl (C=O) groups is 1. The summed E-state index contributed by atoms with van der Waals surface area (Å²) in [5.74, 6) is -0.252. The van der Waals surface area contributed by atoms with Crippen LogP contribution in [0.5, 0.6) is 0 Å². The number of hydrogen-bond donors (Lipinski definition) is 2. The van der Waals surface area contributed by atoms with Crippen LogP contribution in [0.4, 0.5) is 0 Å². The highest BCUT2D eigenvalue weighted by Gasteiger charge is 2.24. The average Bonchev–Trinajstić information content (AvgIpc) is 2.32. The van der Waals surface area contributed by atoms with Crippen LogP contribution < -0.4 is 5.32 Å². The Bertz CT molecular complexity index is 419. The van der Waals surface area contributed by atoms with E-state index < -0.39 is 5.54 Å². The van der Waals surface area contributed by atoms with Crippen LogP contribution in [0, 0.1) is 0 Å². The molecule has 1 unspecified atom stereocenters. The van der Waals surface area contributed by atoms with Crippen LogP contribution in [0.3, 0.4) is 0 Å². The largest absolute Gasteiger partial charge is 0.394 e. The molecule has 5 heteroatoms. The van der Waals surface area contributed by atoms with E-state index >= 15 is 0 Å². The van der Waals surface area contributed by atoms with E-state index in [4.69, 9.17) is 11.6 Å². The minimum absolute atomic E-state index is 0.104. The van der Waals surface area contributed by atoms with E-state index in [2.05, 4.69) is 21.2 Å². The number of benzene rings is 1. The minimum Gasteiger partial charge on any atom is -0.394 e. The van der Waals surface area contributed by atoms with Gasteiger partial charge in [0.2, 0.25) is 0 Å². The normalized spacial score (nSPS) is 14.2. The molecule has 0 aliphatic heterocycles. The summed E-state index contributed by atoms with van der Waals surface area (Å²) in [6, 6.07) is 5.02. The number of hydrogen-bond acceptors (Lipinski definition) is 2. The van der Waals surface area contributed by atoms with Crippen LogP contribution in [-0.2, 0) is 0 Å². The first-order valence-electron chi connectivity index (χ1n) is 5.30. The molecule has 2 N–H and O–H groups in total. The van der Waals surface area contributed by atoms with Crippen LogP contribution in [-0.4, -0.2) is 23.2 Å². The van der Waals surface area contributed by atoms with Crippen molar-refractivity contribution < 1.29 is 9.90 Å². The van der Waals surface area contributed by atoms with Crippen molar-refractivity contribution in [2.24, 2.45) is 0 Å². The maximum absolute atomic E-state index is 12.0. The van der Waals surface area contributed by atoms with Gasteiger partial charge in [-0.1, -0.05) is 18.5 Å². The molecule has 0 saturated carbocycles. The number of halogens is 2. The summed E-state index contributed by atoms with van der Waals surface area (Å²) in [5, 5.41) is 12.6. The van der Waals surface area contributed by atoms with Gasteiger partial charge in [0.15, 0.2) is 0 Å². The van der Waals surface area contributed by atoms with Crippen molar-refractivity contribution in [2.45, 2.75) is 25.8 Å². The van der Waals surface area contributed by atoms with Crippen LogP contribution >= 0.6 is 27.5 Å².